The molecule has 2 N–H and O–H groups in total. The minimum Gasteiger partial charge on any atom is -0.383 e. The lowest BCUT2D eigenvalue weighted by Crippen LogP contribution is -2.38. The van der Waals surface area contributed by atoms with Crippen molar-refractivity contribution >= 4 is 5.96 Å². The molecule has 0 aliphatic rings. The number of aromatic nitrogens is 2. The molecule has 0 saturated heterocycles. The highest BCUT2D eigenvalue weighted by molar-refractivity contribution is 5.79. The second-order valence-electron chi connectivity index (χ2n) is 6.10. The SMILES string of the molecule is CN=C(NCCc1cccc(F)c1)NCc1c(C)nn(CCOC)c1C. The summed E-state index contributed by atoms with van der Waals surface area (Å²) < 4.78 is 20.3. The molecule has 0 amide bonds. The van der Waals surface area contributed by atoms with Gasteiger partial charge < -0.3 is 15.4 Å². The molecule has 1 heterocycles. The molecule has 0 aliphatic heterocycles. The van der Waals surface area contributed by atoms with Gasteiger partial charge in [0.05, 0.1) is 18.8 Å². The van der Waals surface area contributed by atoms with Crippen molar-refractivity contribution in [3.63, 3.8) is 0 Å². The van der Waals surface area contributed by atoms with Gasteiger partial charge in [-0.25, -0.2) is 4.39 Å². The van der Waals surface area contributed by atoms with E-state index < -0.39 is 0 Å². The zero-order valence-electron chi connectivity index (χ0n) is 16.0. The average molecular weight is 361 g/mol. The standard InChI is InChI=1S/C19H28FN5O/c1-14-18(15(2)25(24-14)10-11-26-4)13-23-19(21-3)22-9-8-16-6-5-7-17(20)12-16/h5-7,12H,8-11,13H2,1-4H3,(H2,21,22,23). The van der Waals surface area contributed by atoms with Crippen molar-refractivity contribution in [2.45, 2.75) is 33.4 Å². The molecule has 2 rings (SSSR count). The van der Waals surface area contributed by atoms with Crippen molar-refractivity contribution in [2.24, 2.45) is 4.99 Å². The summed E-state index contributed by atoms with van der Waals surface area (Å²) in [6.07, 6.45) is 0.728. The van der Waals surface area contributed by atoms with Crippen LogP contribution in [0.4, 0.5) is 4.39 Å². The maximum atomic E-state index is 13.2. The van der Waals surface area contributed by atoms with Crippen LogP contribution < -0.4 is 10.6 Å². The van der Waals surface area contributed by atoms with E-state index in [2.05, 4.69) is 27.6 Å². The first kappa shape index (κ1) is 19.9. The largest absolute Gasteiger partial charge is 0.383 e. The number of halogens is 1. The Morgan fingerprint density at radius 2 is 2.12 bits per heavy atom. The topological polar surface area (TPSA) is 63.5 Å². The van der Waals surface area contributed by atoms with Gasteiger partial charge in [0.25, 0.3) is 0 Å². The number of aliphatic imine (C=N–C) groups is 1. The summed E-state index contributed by atoms with van der Waals surface area (Å²) in [6.45, 7) is 6.76. The van der Waals surface area contributed by atoms with E-state index in [9.17, 15) is 4.39 Å². The van der Waals surface area contributed by atoms with E-state index in [1.807, 2.05) is 17.7 Å². The summed E-state index contributed by atoms with van der Waals surface area (Å²) in [5, 5.41) is 11.1. The lowest BCUT2D eigenvalue weighted by molar-refractivity contribution is 0.182. The Morgan fingerprint density at radius 3 is 2.81 bits per heavy atom. The summed E-state index contributed by atoms with van der Waals surface area (Å²) in [4.78, 5) is 4.24. The lowest BCUT2D eigenvalue weighted by Gasteiger charge is -2.12. The van der Waals surface area contributed by atoms with Gasteiger partial charge in [-0.3, -0.25) is 9.67 Å². The minimum atomic E-state index is -0.207. The molecule has 1 aromatic heterocycles. The van der Waals surface area contributed by atoms with Crippen molar-refractivity contribution in [1.82, 2.24) is 20.4 Å². The zero-order valence-corrected chi connectivity index (χ0v) is 16.0. The molecule has 0 unspecified atom stereocenters. The molecule has 1 aromatic carbocycles. The van der Waals surface area contributed by atoms with E-state index in [0.717, 1.165) is 35.5 Å². The van der Waals surface area contributed by atoms with Gasteiger partial charge in [0.15, 0.2) is 5.96 Å². The normalized spacial score (nSPS) is 11.7. The zero-order chi connectivity index (χ0) is 18.9. The molecule has 26 heavy (non-hydrogen) atoms. The number of hydrogen-bond donors (Lipinski definition) is 2. The Labute approximate surface area is 154 Å². The molecule has 2 aromatic rings. The number of hydrogen-bond acceptors (Lipinski definition) is 3. The number of nitrogens with zero attached hydrogens (tertiary/aromatic N) is 3. The van der Waals surface area contributed by atoms with Crippen LogP contribution in [0.25, 0.3) is 0 Å². The molecule has 7 heteroatoms. The maximum absolute atomic E-state index is 13.2. The molecule has 0 bridgehead atoms. The number of guanidine groups is 1. The number of aryl methyl sites for hydroxylation is 1. The van der Waals surface area contributed by atoms with Crippen LogP contribution in [0.1, 0.15) is 22.5 Å². The summed E-state index contributed by atoms with van der Waals surface area (Å²) >= 11 is 0. The molecule has 6 nitrogen and oxygen atoms in total. The fourth-order valence-corrected chi connectivity index (χ4v) is 2.80. The highest BCUT2D eigenvalue weighted by Crippen LogP contribution is 2.12. The predicted molar refractivity (Wildman–Crippen MR) is 102 cm³/mol. The van der Waals surface area contributed by atoms with E-state index in [0.29, 0.717) is 25.7 Å². The third-order valence-corrected chi connectivity index (χ3v) is 4.29. The van der Waals surface area contributed by atoms with Crippen LogP contribution in [0.2, 0.25) is 0 Å². The first-order valence-corrected chi connectivity index (χ1v) is 8.76. The van der Waals surface area contributed by atoms with Gasteiger partial charge in [0.2, 0.25) is 0 Å². The summed E-state index contributed by atoms with van der Waals surface area (Å²) in [6, 6.07) is 6.65. The Hall–Kier alpha value is -2.41. The smallest absolute Gasteiger partial charge is 0.191 e. The highest BCUT2D eigenvalue weighted by Gasteiger charge is 2.11. The Balaban J connectivity index is 1.86. The van der Waals surface area contributed by atoms with Crippen LogP contribution in [-0.4, -0.2) is 43.0 Å². The Morgan fingerprint density at radius 1 is 1.31 bits per heavy atom. The fraction of sp³-hybridized carbons (Fsp3) is 0.474. The molecule has 0 atom stereocenters. The quantitative estimate of drug-likeness (QED) is 0.559. The van der Waals surface area contributed by atoms with Crippen molar-refractivity contribution in [3.8, 4) is 0 Å². The Bertz CT molecular complexity index is 742. The number of methoxy groups -OCH3 is 1. The lowest BCUT2D eigenvalue weighted by atomic mass is 10.1. The summed E-state index contributed by atoms with van der Waals surface area (Å²) in [7, 11) is 3.42. The van der Waals surface area contributed by atoms with Crippen LogP contribution >= 0.6 is 0 Å². The molecule has 0 spiro atoms. The number of ether oxygens (including phenoxy) is 1. The third-order valence-electron chi connectivity index (χ3n) is 4.29. The van der Waals surface area contributed by atoms with Crippen molar-refractivity contribution in [2.75, 3.05) is 27.3 Å². The van der Waals surface area contributed by atoms with Crippen LogP contribution in [0, 0.1) is 19.7 Å². The summed E-state index contributed by atoms with van der Waals surface area (Å²) in [5.41, 5.74) is 4.25. The number of benzene rings is 1. The number of rotatable bonds is 8. The molecule has 0 saturated carbocycles. The minimum absolute atomic E-state index is 0.207. The van der Waals surface area contributed by atoms with E-state index in [-0.39, 0.29) is 5.82 Å². The monoisotopic (exact) mass is 361 g/mol. The van der Waals surface area contributed by atoms with Crippen LogP contribution in [0.5, 0.6) is 0 Å². The van der Waals surface area contributed by atoms with E-state index in [4.69, 9.17) is 4.74 Å². The molecular weight excluding hydrogens is 333 g/mol. The molecule has 0 aliphatic carbocycles. The van der Waals surface area contributed by atoms with Crippen molar-refractivity contribution < 1.29 is 9.13 Å². The second kappa shape index (κ2) is 9.91. The molecular formula is C19H28FN5O. The highest BCUT2D eigenvalue weighted by atomic mass is 19.1. The second-order valence-corrected chi connectivity index (χ2v) is 6.10. The van der Waals surface area contributed by atoms with E-state index in [1.165, 1.54) is 6.07 Å². The van der Waals surface area contributed by atoms with Gasteiger partial charge in [-0.1, -0.05) is 12.1 Å². The average Bonchev–Trinajstić information content (AvgIpc) is 2.89. The molecule has 142 valence electrons. The van der Waals surface area contributed by atoms with E-state index >= 15 is 0 Å². The molecule has 0 radical (unpaired) electrons. The fourth-order valence-electron chi connectivity index (χ4n) is 2.80. The van der Waals surface area contributed by atoms with Gasteiger partial charge in [0, 0.05) is 38.5 Å². The first-order chi connectivity index (χ1) is 12.5. The van der Waals surface area contributed by atoms with Gasteiger partial charge >= 0.3 is 0 Å². The van der Waals surface area contributed by atoms with E-state index in [1.54, 1.807) is 26.3 Å². The molecule has 0 fully saturated rings. The van der Waals surface area contributed by atoms with Gasteiger partial charge in [-0.15, -0.1) is 0 Å². The van der Waals surface area contributed by atoms with Crippen LogP contribution in [0.15, 0.2) is 29.3 Å². The van der Waals surface area contributed by atoms with Gasteiger partial charge in [-0.05, 0) is 38.0 Å². The van der Waals surface area contributed by atoms with Gasteiger partial charge in [-0.2, -0.15) is 5.10 Å². The Kier molecular flexibility index (Phi) is 7.59. The first-order valence-electron chi connectivity index (χ1n) is 8.76. The maximum Gasteiger partial charge on any atom is 0.191 e. The van der Waals surface area contributed by atoms with Crippen molar-refractivity contribution in [1.29, 1.82) is 0 Å². The number of nitrogens with one attached hydrogen (secondary N) is 2. The predicted octanol–water partition coefficient (Wildman–Crippen LogP) is 2.19. The summed E-state index contributed by atoms with van der Waals surface area (Å²) in [5.74, 6) is 0.506. The third kappa shape index (κ3) is 5.56. The van der Waals surface area contributed by atoms with Crippen LogP contribution in [0.3, 0.4) is 0 Å². The van der Waals surface area contributed by atoms with Gasteiger partial charge in [0.1, 0.15) is 5.82 Å². The van der Waals surface area contributed by atoms with Crippen molar-refractivity contribution in [3.05, 3.63) is 52.6 Å². The van der Waals surface area contributed by atoms with Crippen LogP contribution in [-0.2, 0) is 24.2 Å².